The van der Waals surface area contributed by atoms with Crippen LogP contribution in [0.4, 0.5) is 4.39 Å². The molecule has 0 saturated carbocycles. The Morgan fingerprint density at radius 3 is 2.42 bits per heavy atom. The minimum Gasteiger partial charge on any atom is -0.478 e. The standard InChI is InChI=1S/C15H22FNO2/c1-10(15(2,3)4)17(5)9-11-6-7-12(14(18)19)13(16)8-11/h6-8,10H,9H2,1-5H3,(H,18,19). The van der Waals surface area contributed by atoms with E-state index < -0.39 is 11.8 Å². The van der Waals surface area contributed by atoms with Crippen LogP contribution in [0, 0.1) is 11.2 Å². The van der Waals surface area contributed by atoms with Gasteiger partial charge < -0.3 is 5.11 Å². The summed E-state index contributed by atoms with van der Waals surface area (Å²) < 4.78 is 13.6. The molecule has 0 aliphatic carbocycles. The summed E-state index contributed by atoms with van der Waals surface area (Å²) >= 11 is 0. The Kier molecular flexibility index (Phi) is 4.69. The second-order valence-electron chi connectivity index (χ2n) is 6.08. The SMILES string of the molecule is CC(N(C)Cc1ccc(C(=O)O)c(F)c1)C(C)(C)C. The number of aromatic carboxylic acids is 1. The van der Waals surface area contributed by atoms with Gasteiger partial charge in [0.05, 0.1) is 5.56 Å². The molecular formula is C15H22FNO2. The van der Waals surface area contributed by atoms with Gasteiger partial charge >= 0.3 is 5.97 Å². The van der Waals surface area contributed by atoms with Crippen molar-refractivity contribution in [3.05, 3.63) is 35.1 Å². The molecule has 1 aromatic carbocycles. The molecule has 19 heavy (non-hydrogen) atoms. The third kappa shape index (κ3) is 4.03. The molecule has 0 heterocycles. The molecule has 106 valence electrons. The molecule has 4 heteroatoms. The molecule has 1 N–H and O–H groups in total. The highest BCUT2D eigenvalue weighted by Crippen LogP contribution is 2.24. The van der Waals surface area contributed by atoms with Crippen LogP contribution in [0.2, 0.25) is 0 Å². The number of rotatable bonds is 4. The predicted octanol–water partition coefficient (Wildman–Crippen LogP) is 3.39. The van der Waals surface area contributed by atoms with Gasteiger partial charge in [-0.25, -0.2) is 9.18 Å². The molecule has 1 unspecified atom stereocenters. The van der Waals surface area contributed by atoms with Gasteiger partial charge in [-0.15, -0.1) is 0 Å². The third-order valence-corrected chi connectivity index (χ3v) is 3.61. The van der Waals surface area contributed by atoms with Gasteiger partial charge in [-0.2, -0.15) is 0 Å². The molecule has 1 rings (SSSR count). The van der Waals surface area contributed by atoms with Crippen LogP contribution in [0.3, 0.4) is 0 Å². The van der Waals surface area contributed by atoms with Crippen molar-refractivity contribution in [3.63, 3.8) is 0 Å². The van der Waals surface area contributed by atoms with Crippen LogP contribution < -0.4 is 0 Å². The quantitative estimate of drug-likeness (QED) is 0.909. The number of carbonyl (C=O) groups is 1. The molecule has 0 fully saturated rings. The number of halogens is 1. The lowest BCUT2D eigenvalue weighted by atomic mass is 9.87. The van der Waals surface area contributed by atoms with Gasteiger partial charge in [0.1, 0.15) is 5.82 Å². The Labute approximate surface area is 114 Å². The molecule has 0 spiro atoms. The summed E-state index contributed by atoms with van der Waals surface area (Å²) in [6.45, 7) is 9.18. The summed E-state index contributed by atoms with van der Waals surface area (Å²) in [6.07, 6.45) is 0. The van der Waals surface area contributed by atoms with E-state index in [9.17, 15) is 9.18 Å². The van der Waals surface area contributed by atoms with Crippen molar-refractivity contribution in [2.45, 2.75) is 40.3 Å². The lowest BCUT2D eigenvalue weighted by Crippen LogP contribution is -2.38. The molecule has 1 atom stereocenters. The van der Waals surface area contributed by atoms with E-state index in [2.05, 4.69) is 32.6 Å². The zero-order valence-corrected chi connectivity index (χ0v) is 12.2. The number of hydrogen-bond donors (Lipinski definition) is 1. The van der Waals surface area contributed by atoms with Crippen LogP contribution in [-0.2, 0) is 6.54 Å². The predicted molar refractivity (Wildman–Crippen MR) is 73.7 cm³/mol. The molecule has 0 radical (unpaired) electrons. The second kappa shape index (κ2) is 5.70. The maximum absolute atomic E-state index is 13.6. The number of hydrogen-bond acceptors (Lipinski definition) is 2. The van der Waals surface area contributed by atoms with E-state index >= 15 is 0 Å². The van der Waals surface area contributed by atoms with E-state index in [0.717, 1.165) is 5.56 Å². The molecular weight excluding hydrogens is 245 g/mol. The molecule has 0 aliphatic heterocycles. The topological polar surface area (TPSA) is 40.5 Å². The van der Waals surface area contributed by atoms with Crippen LogP contribution >= 0.6 is 0 Å². The first kappa shape index (κ1) is 15.6. The monoisotopic (exact) mass is 267 g/mol. The van der Waals surface area contributed by atoms with Crippen LogP contribution in [-0.4, -0.2) is 29.1 Å². The van der Waals surface area contributed by atoms with E-state index in [-0.39, 0.29) is 11.0 Å². The largest absolute Gasteiger partial charge is 0.478 e. The Bertz CT molecular complexity index is 466. The van der Waals surface area contributed by atoms with Gasteiger partial charge in [-0.05, 0) is 37.1 Å². The maximum Gasteiger partial charge on any atom is 0.338 e. The summed E-state index contributed by atoms with van der Waals surface area (Å²) in [5.74, 6) is -1.91. The Balaban J connectivity index is 2.84. The van der Waals surface area contributed by atoms with Crippen molar-refractivity contribution in [1.29, 1.82) is 0 Å². The van der Waals surface area contributed by atoms with Crippen LogP contribution in [0.25, 0.3) is 0 Å². The van der Waals surface area contributed by atoms with Crippen molar-refractivity contribution in [2.75, 3.05) is 7.05 Å². The first-order valence-electron chi connectivity index (χ1n) is 6.35. The van der Waals surface area contributed by atoms with Crippen molar-refractivity contribution in [2.24, 2.45) is 5.41 Å². The van der Waals surface area contributed by atoms with Crippen molar-refractivity contribution in [3.8, 4) is 0 Å². The number of carboxylic acids is 1. The zero-order valence-electron chi connectivity index (χ0n) is 12.2. The van der Waals surface area contributed by atoms with Gasteiger partial charge in [0, 0.05) is 12.6 Å². The summed E-state index contributed by atoms with van der Waals surface area (Å²) in [4.78, 5) is 12.9. The highest BCUT2D eigenvalue weighted by molar-refractivity contribution is 5.87. The molecule has 3 nitrogen and oxygen atoms in total. The van der Waals surface area contributed by atoms with Crippen LogP contribution in [0.15, 0.2) is 18.2 Å². The second-order valence-corrected chi connectivity index (χ2v) is 6.08. The van der Waals surface area contributed by atoms with Gasteiger partial charge in [0.25, 0.3) is 0 Å². The average molecular weight is 267 g/mol. The van der Waals surface area contributed by atoms with Crippen LogP contribution in [0.5, 0.6) is 0 Å². The highest BCUT2D eigenvalue weighted by Gasteiger charge is 2.24. The van der Waals surface area contributed by atoms with E-state index in [1.54, 1.807) is 6.07 Å². The first-order chi connectivity index (χ1) is 8.62. The number of benzene rings is 1. The van der Waals surface area contributed by atoms with E-state index in [0.29, 0.717) is 12.6 Å². The number of carboxylic acid groups (broad SMARTS) is 1. The van der Waals surface area contributed by atoms with Gasteiger partial charge in [0.15, 0.2) is 0 Å². The average Bonchev–Trinajstić information content (AvgIpc) is 2.26. The normalized spacial score (nSPS) is 13.6. The van der Waals surface area contributed by atoms with E-state index in [4.69, 9.17) is 5.11 Å². The fourth-order valence-electron chi connectivity index (χ4n) is 1.92. The maximum atomic E-state index is 13.6. The van der Waals surface area contributed by atoms with E-state index in [1.165, 1.54) is 12.1 Å². The minimum absolute atomic E-state index is 0.133. The summed E-state index contributed by atoms with van der Waals surface area (Å²) in [5, 5.41) is 8.78. The minimum atomic E-state index is -1.24. The van der Waals surface area contributed by atoms with Crippen molar-refractivity contribution < 1.29 is 14.3 Å². The molecule has 0 amide bonds. The Morgan fingerprint density at radius 2 is 2.00 bits per heavy atom. The Morgan fingerprint density at radius 1 is 1.42 bits per heavy atom. The summed E-state index contributed by atoms with van der Waals surface area (Å²) in [5.41, 5.74) is 0.630. The van der Waals surface area contributed by atoms with Gasteiger partial charge in [0.2, 0.25) is 0 Å². The smallest absolute Gasteiger partial charge is 0.338 e. The molecule has 0 bridgehead atoms. The molecule has 0 saturated heterocycles. The van der Waals surface area contributed by atoms with Crippen LogP contribution in [0.1, 0.15) is 43.6 Å². The summed E-state index contributed by atoms with van der Waals surface area (Å²) in [6, 6.07) is 4.62. The first-order valence-corrected chi connectivity index (χ1v) is 6.35. The molecule has 0 aliphatic rings. The summed E-state index contributed by atoms with van der Waals surface area (Å²) in [7, 11) is 1.99. The van der Waals surface area contributed by atoms with Crippen molar-refractivity contribution in [1.82, 2.24) is 4.90 Å². The number of nitrogens with zero attached hydrogens (tertiary/aromatic N) is 1. The highest BCUT2D eigenvalue weighted by atomic mass is 19.1. The molecule has 0 aromatic heterocycles. The van der Waals surface area contributed by atoms with Gasteiger partial charge in [-0.3, -0.25) is 4.90 Å². The fourth-order valence-corrected chi connectivity index (χ4v) is 1.92. The lowest BCUT2D eigenvalue weighted by Gasteiger charge is -2.35. The lowest BCUT2D eigenvalue weighted by molar-refractivity contribution is 0.0692. The zero-order chi connectivity index (χ0) is 14.8. The Hall–Kier alpha value is -1.42. The van der Waals surface area contributed by atoms with Gasteiger partial charge in [-0.1, -0.05) is 26.8 Å². The third-order valence-electron chi connectivity index (χ3n) is 3.61. The molecule has 1 aromatic rings. The fraction of sp³-hybridized carbons (Fsp3) is 0.533. The van der Waals surface area contributed by atoms with Crippen molar-refractivity contribution >= 4 is 5.97 Å². The van der Waals surface area contributed by atoms with E-state index in [1.807, 2.05) is 7.05 Å².